The highest BCUT2D eigenvalue weighted by Crippen LogP contribution is 2.21. The molecule has 4 aromatic rings. The van der Waals surface area contributed by atoms with Gasteiger partial charge >= 0.3 is 0 Å². The van der Waals surface area contributed by atoms with E-state index in [-0.39, 0.29) is 17.1 Å². The fraction of sp³-hybridized carbons (Fsp3) is 0.280. The van der Waals surface area contributed by atoms with Crippen molar-refractivity contribution < 1.29 is 14.3 Å². The van der Waals surface area contributed by atoms with Crippen LogP contribution in [-0.4, -0.2) is 61.4 Å². The van der Waals surface area contributed by atoms with Gasteiger partial charge in [0, 0.05) is 43.9 Å². The summed E-state index contributed by atoms with van der Waals surface area (Å²) in [6, 6.07) is 9.06. The highest BCUT2D eigenvalue weighted by molar-refractivity contribution is 5.93. The van der Waals surface area contributed by atoms with Crippen LogP contribution >= 0.6 is 0 Å². The van der Waals surface area contributed by atoms with Crippen molar-refractivity contribution in [3.05, 3.63) is 87.9 Å². The zero-order chi connectivity index (χ0) is 25.1. The van der Waals surface area contributed by atoms with E-state index in [2.05, 4.69) is 20.2 Å². The molecule has 3 aromatic heterocycles. The van der Waals surface area contributed by atoms with Crippen molar-refractivity contribution in [1.29, 1.82) is 0 Å². The number of carbonyl (C=O) groups is 1. The van der Waals surface area contributed by atoms with Gasteiger partial charge in [-0.25, -0.2) is 14.6 Å². The predicted octanol–water partition coefficient (Wildman–Crippen LogP) is 1.07. The van der Waals surface area contributed by atoms with Gasteiger partial charge in [0.15, 0.2) is 5.82 Å². The molecule has 36 heavy (non-hydrogen) atoms. The summed E-state index contributed by atoms with van der Waals surface area (Å²) in [6.45, 7) is 1.46. The molecule has 0 radical (unpaired) electrons. The largest absolute Gasteiger partial charge is 0.376 e. The van der Waals surface area contributed by atoms with E-state index in [1.54, 1.807) is 21.8 Å². The number of nitrogens with zero attached hydrogens (tertiary/aromatic N) is 6. The summed E-state index contributed by atoms with van der Waals surface area (Å²) < 4.78 is 14.5. The highest BCUT2D eigenvalue weighted by Gasteiger charge is 2.21. The third kappa shape index (κ3) is 5.21. The Morgan fingerprint density at radius 3 is 2.83 bits per heavy atom. The summed E-state index contributed by atoms with van der Waals surface area (Å²) in [4.78, 5) is 33.5. The lowest BCUT2D eigenvalue weighted by molar-refractivity contribution is -0.0875. The Bertz CT molecular complexity index is 1460. The maximum atomic E-state index is 12.5. The first kappa shape index (κ1) is 23.5. The standard InChI is InChI=1S/C25H25N7O4/c1-31-14-18(12-28-31)32-6-5-23(33)22(30-32)10-16-3-2-4-17(9-16)25-27-13-20(24(26)34)21(29-25)11-19-15-35-7-8-36-19/h2-6,9,12-14,19H,7-8,10-11,15H2,1H3,(H2,26,34). The Labute approximate surface area is 206 Å². The van der Waals surface area contributed by atoms with Gasteiger partial charge in [0.2, 0.25) is 5.43 Å². The average molecular weight is 488 g/mol. The maximum absolute atomic E-state index is 12.5. The number of aryl methyl sites for hydroxylation is 1. The summed E-state index contributed by atoms with van der Waals surface area (Å²) in [7, 11) is 1.82. The lowest BCUT2D eigenvalue weighted by atomic mass is 10.0. The molecule has 1 atom stereocenters. The molecule has 1 saturated heterocycles. The van der Waals surface area contributed by atoms with Crippen LogP contribution in [0.2, 0.25) is 0 Å². The SMILES string of the molecule is Cn1cc(-n2ccc(=O)c(Cc3cccc(-c4ncc(C(N)=O)c(CC5COCCO5)n4)c3)n2)cn1. The molecule has 184 valence electrons. The number of aromatic nitrogens is 6. The molecule has 11 heteroatoms. The van der Waals surface area contributed by atoms with Crippen LogP contribution in [0, 0.1) is 0 Å². The maximum Gasteiger partial charge on any atom is 0.252 e. The monoisotopic (exact) mass is 487 g/mol. The van der Waals surface area contributed by atoms with Crippen LogP contribution in [0.25, 0.3) is 17.1 Å². The van der Waals surface area contributed by atoms with Gasteiger partial charge in [0.05, 0.1) is 49.6 Å². The van der Waals surface area contributed by atoms with Crippen molar-refractivity contribution in [3.8, 4) is 17.1 Å². The number of hydrogen-bond donors (Lipinski definition) is 1. The zero-order valence-electron chi connectivity index (χ0n) is 19.7. The Balaban J connectivity index is 1.42. The van der Waals surface area contributed by atoms with Gasteiger partial charge in [0.25, 0.3) is 5.91 Å². The normalized spacial score (nSPS) is 15.6. The summed E-state index contributed by atoms with van der Waals surface area (Å²) >= 11 is 0. The molecule has 5 rings (SSSR count). The third-order valence-electron chi connectivity index (χ3n) is 5.83. The Morgan fingerprint density at radius 1 is 1.19 bits per heavy atom. The zero-order valence-corrected chi connectivity index (χ0v) is 19.7. The molecule has 0 saturated carbocycles. The topological polar surface area (TPSA) is 140 Å². The molecule has 1 aromatic carbocycles. The first-order chi connectivity index (χ1) is 17.5. The van der Waals surface area contributed by atoms with Crippen LogP contribution in [0.3, 0.4) is 0 Å². The van der Waals surface area contributed by atoms with E-state index in [0.29, 0.717) is 49.9 Å². The average Bonchev–Trinajstić information content (AvgIpc) is 3.32. The number of primary amides is 1. The lowest BCUT2D eigenvalue weighted by Gasteiger charge is -2.23. The van der Waals surface area contributed by atoms with Crippen LogP contribution in [0.1, 0.15) is 27.3 Å². The number of ether oxygens (including phenoxy) is 2. The number of benzene rings is 1. The van der Waals surface area contributed by atoms with Crippen molar-refractivity contribution in [2.45, 2.75) is 18.9 Å². The molecule has 1 aliphatic rings. The van der Waals surface area contributed by atoms with Gasteiger partial charge in [-0.15, -0.1) is 0 Å². The van der Waals surface area contributed by atoms with E-state index >= 15 is 0 Å². The molecular weight excluding hydrogens is 462 g/mol. The predicted molar refractivity (Wildman–Crippen MR) is 130 cm³/mol. The Hall–Kier alpha value is -4.22. The molecule has 1 unspecified atom stereocenters. The first-order valence-corrected chi connectivity index (χ1v) is 11.5. The minimum atomic E-state index is -0.595. The summed E-state index contributed by atoms with van der Waals surface area (Å²) in [5.41, 5.74) is 8.94. The van der Waals surface area contributed by atoms with Crippen LogP contribution in [0.15, 0.2) is 59.9 Å². The number of amides is 1. The minimum absolute atomic E-state index is 0.153. The molecule has 4 heterocycles. The number of rotatable bonds is 7. The van der Waals surface area contributed by atoms with Crippen LogP contribution < -0.4 is 11.2 Å². The number of carbonyl (C=O) groups excluding carboxylic acids is 1. The molecule has 1 amide bonds. The van der Waals surface area contributed by atoms with Gasteiger partial charge in [-0.1, -0.05) is 18.2 Å². The molecule has 0 bridgehead atoms. The second kappa shape index (κ2) is 10.2. The van der Waals surface area contributed by atoms with E-state index in [0.717, 1.165) is 16.8 Å². The minimum Gasteiger partial charge on any atom is -0.376 e. The molecule has 1 fully saturated rings. The van der Waals surface area contributed by atoms with Crippen LogP contribution in [0.4, 0.5) is 0 Å². The third-order valence-corrected chi connectivity index (χ3v) is 5.83. The molecule has 0 spiro atoms. The second-order valence-electron chi connectivity index (χ2n) is 8.51. The fourth-order valence-electron chi connectivity index (χ4n) is 4.04. The van der Waals surface area contributed by atoms with Gasteiger partial charge in [-0.2, -0.15) is 10.2 Å². The van der Waals surface area contributed by atoms with Gasteiger partial charge in [-0.3, -0.25) is 14.3 Å². The van der Waals surface area contributed by atoms with Crippen molar-refractivity contribution in [1.82, 2.24) is 29.5 Å². The number of nitrogens with two attached hydrogens (primary N) is 1. The number of hydrogen-bond acceptors (Lipinski definition) is 8. The molecule has 2 N–H and O–H groups in total. The van der Waals surface area contributed by atoms with Crippen molar-refractivity contribution in [2.24, 2.45) is 12.8 Å². The summed E-state index contributed by atoms with van der Waals surface area (Å²) in [5.74, 6) is -0.149. The Kier molecular flexibility index (Phi) is 6.65. The van der Waals surface area contributed by atoms with E-state index < -0.39 is 5.91 Å². The van der Waals surface area contributed by atoms with Gasteiger partial charge < -0.3 is 15.2 Å². The summed E-state index contributed by atoms with van der Waals surface area (Å²) in [6.07, 6.45) is 7.06. The van der Waals surface area contributed by atoms with E-state index in [1.807, 2.05) is 37.5 Å². The summed E-state index contributed by atoms with van der Waals surface area (Å²) in [5, 5.41) is 8.66. The van der Waals surface area contributed by atoms with E-state index in [9.17, 15) is 9.59 Å². The van der Waals surface area contributed by atoms with Crippen molar-refractivity contribution in [3.63, 3.8) is 0 Å². The van der Waals surface area contributed by atoms with Gasteiger partial charge in [-0.05, 0) is 11.6 Å². The second-order valence-corrected chi connectivity index (χ2v) is 8.51. The van der Waals surface area contributed by atoms with E-state index in [1.165, 1.54) is 12.3 Å². The smallest absolute Gasteiger partial charge is 0.252 e. The molecule has 0 aliphatic carbocycles. The van der Waals surface area contributed by atoms with Crippen molar-refractivity contribution in [2.75, 3.05) is 19.8 Å². The highest BCUT2D eigenvalue weighted by atomic mass is 16.6. The molecule has 11 nitrogen and oxygen atoms in total. The van der Waals surface area contributed by atoms with Crippen LogP contribution in [-0.2, 0) is 29.4 Å². The molecular formula is C25H25N7O4. The first-order valence-electron chi connectivity index (χ1n) is 11.5. The van der Waals surface area contributed by atoms with Crippen molar-refractivity contribution >= 4 is 5.91 Å². The Morgan fingerprint density at radius 2 is 2.08 bits per heavy atom. The fourth-order valence-corrected chi connectivity index (χ4v) is 4.04. The van der Waals surface area contributed by atoms with Crippen LogP contribution in [0.5, 0.6) is 0 Å². The quantitative estimate of drug-likeness (QED) is 0.408. The lowest BCUT2D eigenvalue weighted by Crippen LogP contribution is -2.31. The molecule has 1 aliphatic heterocycles. The van der Waals surface area contributed by atoms with Gasteiger partial charge in [0.1, 0.15) is 11.4 Å². The van der Waals surface area contributed by atoms with E-state index in [4.69, 9.17) is 15.2 Å².